The fourth-order valence-corrected chi connectivity index (χ4v) is 3.76. The van der Waals surface area contributed by atoms with Gasteiger partial charge in [0.1, 0.15) is 0 Å². The van der Waals surface area contributed by atoms with E-state index in [-0.39, 0.29) is 28.0 Å². The molecule has 0 unspecified atom stereocenters. The number of halogens is 2. The normalized spacial score (nSPS) is 15.3. The van der Waals surface area contributed by atoms with Crippen molar-refractivity contribution in [3.05, 3.63) is 42.5 Å². The number of sulfonamides is 1. The first-order chi connectivity index (χ1) is 13.9. The fourth-order valence-electron chi connectivity index (χ4n) is 2.55. The number of hydrogen-bond donors (Lipinski definition) is 3. The molecule has 0 radical (unpaired) electrons. The van der Waals surface area contributed by atoms with E-state index in [1.54, 1.807) is 0 Å². The molecule has 0 spiro atoms. The fraction of sp³-hybridized carbons (Fsp3) is 0.222. The van der Waals surface area contributed by atoms with Gasteiger partial charge in [-0.2, -0.15) is 4.72 Å². The number of carbonyl (C=O) groups excluding carboxylic acids is 2. The van der Waals surface area contributed by atoms with Gasteiger partial charge in [0.05, 0.1) is 10.9 Å². The summed E-state index contributed by atoms with van der Waals surface area (Å²) in [4.78, 5) is 23.2. The van der Waals surface area contributed by atoms with E-state index in [0.717, 1.165) is 6.07 Å². The van der Waals surface area contributed by atoms with Crippen molar-refractivity contribution in [2.75, 3.05) is 10.6 Å². The molecule has 2 aromatic carbocycles. The van der Waals surface area contributed by atoms with Crippen LogP contribution in [-0.2, 0) is 19.6 Å². The zero-order valence-electron chi connectivity index (χ0n) is 15.7. The molecule has 12 heteroatoms. The molecule has 3 rings (SSSR count). The second-order valence-corrected chi connectivity index (χ2v) is 8.08. The van der Waals surface area contributed by atoms with Crippen LogP contribution in [0.15, 0.2) is 47.4 Å². The topological polar surface area (TPSA) is 123 Å². The SMILES string of the molecule is CC(=O)Nc1ccc(S(=O)(=O)N[C@@H](C)C(=O)Nc2ccc3c(c2)OC(F)(F)O3)cc1. The molecule has 3 N–H and O–H groups in total. The van der Waals surface area contributed by atoms with Gasteiger partial charge in [-0.15, -0.1) is 8.78 Å². The van der Waals surface area contributed by atoms with Crippen molar-refractivity contribution in [2.24, 2.45) is 0 Å². The molecule has 1 aliphatic rings. The van der Waals surface area contributed by atoms with Crippen LogP contribution in [-0.4, -0.2) is 32.6 Å². The number of amides is 2. The molecular weight excluding hydrogens is 424 g/mol. The second kappa shape index (κ2) is 7.88. The van der Waals surface area contributed by atoms with E-state index in [2.05, 4.69) is 24.8 Å². The van der Waals surface area contributed by atoms with Crippen LogP contribution in [0.5, 0.6) is 11.5 Å². The van der Waals surface area contributed by atoms with Crippen LogP contribution in [0, 0.1) is 0 Å². The molecule has 1 heterocycles. The van der Waals surface area contributed by atoms with Gasteiger partial charge in [-0.3, -0.25) is 9.59 Å². The lowest BCUT2D eigenvalue weighted by Gasteiger charge is -2.15. The summed E-state index contributed by atoms with van der Waals surface area (Å²) in [6.45, 7) is 2.64. The van der Waals surface area contributed by atoms with Gasteiger partial charge >= 0.3 is 6.29 Å². The Balaban J connectivity index is 1.64. The summed E-state index contributed by atoms with van der Waals surface area (Å²) in [6, 6.07) is 7.81. The van der Waals surface area contributed by atoms with Gasteiger partial charge in [-0.25, -0.2) is 8.42 Å². The maximum atomic E-state index is 13.1. The van der Waals surface area contributed by atoms with Crippen molar-refractivity contribution in [1.82, 2.24) is 4.72 Å². The first-order valence-electron chi connectivity index (χ1n) is 8.56. The van der Waals surface area contributed by atoms with Crippen LogP contribution >= 0.6 is 0 Å². The number of alkyl halides is 2. The molecule has 2 aromatic rings. The molecule has 1 atom stereocenters. The Bertz CT molecular complexity index is 1090. The van der Waals surface area contributed by atoms with E-state index < -0.39 is 28.3 Å². The molecule has 160 valence electrons. The van der Waals surface area contributed by atoms with E-state index in [0.29, 0.717) is 5.69 Å². The number of anilines is 2. The lowest BCUT2D eigenvalue weighted by atomic mass is 10.2. The van der Waals surface area contributed by atoms with Gasteiger partial charge in [0.15, 0.2) is 11.5 Å². The van der Waals surface area contributed by atoms with Crippen molar-refractivity contribution in [3.63, 3.8) is 0 Å². The van der Waals surface area contributed by atoms with Crippen LogP contribution in [0.25, 0.3) is 0 Å². The largest absolute Gasteiger partial charge is 0.586 e. The van der Waals surface area contributed by atoms with Crippen molar-refractivity contribution in [1.29, 1.82) is 0 Å². The van der Waals surface area contributed by atoms with Crippen molar-refractivity contribution in [2.45, 2.75) is 31.1 Å². The van der Waals surface area contributed by atoms with Crippen molar-refractivity contribution < 1.29 is 36.3 Å². The molecule has 0 aliphatic carbocycles. The van der Waals surface area contributed by atoms with Crippen molar-refractivity contribution >= 4 is 33.2 Å². The first-order valence-corrected chi connectivity index (χ1v) is 10.0. The van der Waals surface area contributed by atoms with E-state index in [4.69, 9.17) is 0 Å². The number of carbonyl (C=O) groups is 2. The minimum atomic E-state index is -4.03. The lowest BCUT2D eigenvalue weighted by molar-refractivity contribution is -0.286. The number of benzene rings is 2. The predicted octanol–water partition coefficient (Wildman–Crippen LogP) is 2.27. The van der Waals surface area contributed by atoms with Crippen LogP contribution in [0.3, 0.4) is 0 Å². The van der Waals surface area contributed by atoms with Crippen LogP contribution < -0.4 is 24.8 Å². The van der Waals surface area contributed by atoms with Crippen LogP contribution in [0.4, 0.5) is 20.2 Å². The zero-order chi connectivity index (χ0) is 22.1. The third-order valence-electron chi connectivity index (χ3n) is 3.88. The molecular formula is C18H17F2N3O6S. The predicted molar refractivity (Wildman–Crippen MR) is 102 cm³/mol. The Hall–Kier alpha value is -3.25. The standard InChI is InChI=1S/C18H17F2N3O6S/c1-10(23-30(26,27)14-6-3-12(4-7-14)21-11(2)24)17(25)22-13-5-8-15-16(9-13)29-18(19,20)28-15/h3-10,23H,1-2H3,(H,21,24)(H,22,25)/t10-/m0/s1. The highest BCUT2D eigenvalue weighted by Gasteiger charge is 2.43. The maximum Gasteiger partial charge on any atom is 0.586 e. The number of rotatable bonds is 6. The summed E-state index contributed by atoms with van der Waals surface area (Å²) in [6.07, 6.45) is -3.79. The molecule has 1 aliphatic heterocycles. The molecule has 0 fully saturated rings. The first kappa shape index (κ1) is 21.5. The van der Waals surface area contributed by atoms with E-state index >= 15 is 0 Å². The zero-order valence-corrected chi connectivity index (χ0v) is 16.5. The van der Waals surface area contributed by atoms with Crippen LogP contribution in [0.1, 0.15) is 13.8 Å². The molecule has 0 saturated carbocycles. The molecule has 0 aromatic heterocycles. The number of hydrogen-bond acceptors (Lipinski definition) is 6. The number of nitrogens with one attached hydrogen (secondary N) is 3. The highest BCUT2D eigenvalue weighted by atomic mass is 32.2. The smallest absolute Gasteiger partial charge is 0.395 e. The van der Waals surface area contributed by atoms with Gasteiger partial charge in [-0.05, 0) is 43.3 Å². The average molecular weight is 441 g/mol. The van der Waals surface area contributed by atoms with E-state index in [9.17, 15) is 26.8 Å². The minimum Gasteiger partial charge on any atom is -0.395 e. The Morgan fingerprint density at radius 3 is 2.20 bits per heavy atom. The Labute approximate surface area is 170 Å². The highest BCUT2D eigenvalue weighted by Crippen LogP contribution is 2.42. The van der Waals surface area contributed by atoms with Gasteiger partial charge < -0.3 is 20.1 Å². The van der Waals surface area contributed by atoms with Crippen LogP contribution in [0.2, 0.25) is 0 Å². The molecule has 9 nitrogen and oxygen atoms in total. The third kappa shape index (κ3) is 5.02. The highest BCUT2D eigenvalue weighted by molar-refractivity contribution is 7.89. The Morgan fingerprint density at radius 2 is 1.57 bits per heavy atom. The summed E-state index contributed by atoms with van der Waals surface area (Å²) in [5.74, 6) is -1.47. The number of ether oxygens (including phenoxy) is 2. The van der Waals surface area contributed by atoms with Gasteiger partial charge in [-0.1, -0.05) is 0 Å². The summed E-state index contributed by atoms with van der Waals surface area (Å²) < 4.78 is 61.8. The second-order valence-electron chi connectivity index (χ2n) is 6.37. The van der Waals surface area contributed by atoms with Gasteiger partial charge in [0.2, 0.25) is 21.8 Å². The summed E-state index contributed by atoms with van der Waals surface area (Å²) in [5, 5.41) is 4.92. The average Bonchev–Trinajstić information content (AvgIpc) is 2.94. The minimum absolute atomic E-state index is 0.110. The summed E-state index contributed by atoms with van der Waals surface area (Å²) in [7, 11) is -4.03. The maximum absolute atomic E-state index is 13.1. The quantitative estimate of drug-likeness (QED) is 0.632. The number of fused-ring (bicyclic) bond motifs is 1. The summed E-state index contributed by atoms with van der Waals surface area (Å²) >= 11 is 0. The lowest BCUT2D eigenvalue weighted by Crippen LogP contribution is -2.41. The van der Waals surface area contributed by atoms with Crippen molar-refractivity contribution in [3.8, 4) is 11.5 Å². The van der Waals surface area contributed by atoms with Gasteiger partial charge in [0, 0.05) is 24.4 Å². The third-order valence-corrected chi connectivity index (χ3v) is 5.44. The molecule has 2 amide bonds. The molecule has 0 bridgehead atoms. The van der Waals surface area contributed by atoms with E-state index in [1.165, 1.54) is 50.2 Å². The molecule has 0 saturated heterocycles. The monoisotopic (exact) mass is 441 g/mol. The summed E-state index contributed by atoms with van der Waals surface area (Å²) in [5.41, 5.74) is 0.534. The van der Waals surface area contributed by atoms with E-state index in [1.807, 2.05) is 0 Å². The Kier molecular flexibility index (Phi) is 5.63. The molecule has 30 heavy (non-hydrogen) atoms. The Morgan fingerprint density at radius 1 is 0.967 bits per heavy atom. The van der Waals surface area contributed by atoms with Gasteiger partial charge in [0.25, 0.3) is 0 Å².